The molecule has 1 aromatic carbocycles. The van der Waals surface area contributed by atoms with Crippen LogP contribution < -0.4 is 5.32 Å². The summed E-state index contributed by atoms with van der Waals surface area (Å²) in [5.41, 5.74) is 2.39. The normalized spacial score (nSPS) is 17.8. The van der Waals surface area contributed by atoms with Gasteiger partial charge in [-0.25, -0.2) is 4.99 Å². The minimum Gasteiger partial charge on any atom is -0.364 e. The Morgan fingerprint density at radius 3 is 2.85 bits per heavy atom. The van der Waals surface area contributed by atoms with Gasteiger partial charge in [0.1, 0.15) is 0 Å². The number of carbonyl (C=O) groups is 1. The van der Waals surface area contributed by atoms with Gasteiger partial charge in [-0.2, -0.15) is 0 Å². The molecule has 2 N–H and O–H groups in total. The molecule has 1 aromatic heterocycles. The third-order valence-electron chi connectivity index (χ3n) is 2.89. The summed E-state index contributed by atoms with van der Waals surface area (Å²) in [4.78, 5) is 20.1. The summed E-state index contributed by atoms with van der Waals surface area (Å²) in [5, 5.41) is 12.4. The number of benzene rings is 1. The van der Waals surface area contributed by atoms with Crippen LogP contribution in [0.25, 0.3) is 0 Å². The lowest BCUT2D eigenvalue weighted by Crippen LogP contribution is -2.24. The second kappa shape index (κ2) is 5.15. The van der Waals surface area contributed by atoms with Crippen LogP contribution >= 0.6 is 15.9 Å². The van der Waals surface area contributed by atoms with Gasteiger partial charge in [0, 0.05) is 16.2 Å². The summed E-state index contributed by atoms with van der Waals surface area (Å²) < 4.78 is 0.852. The minimum atomic E-state index is -1.45. The Morgan fingerprint density at radius 2 is 2.10 bits per heavy atom. The predicted octanol–water partition coefficient (Wildman–Crippen LogP) is 1.95. The first-order valence-corrected chi connectivity index (χ1v) is 6.72. The molecule has 0 fully saturated rings. The fraction of sp³-hybridized carbons (Fsp3) is 0.0714. The van der Waals surface area contributed by atoms with Crippen LogP contribution in [0.15, 0.2) is 52.1 Å². The second-order valence-corrected chi connectivity index (χ2v) is 5.16. The van der Waals surface area contributed by atoms with Crippen LogP contribution in [0.5, 0.6) is 0 Å². The van der Waals surface area contributed by atoms with E-state index < -0.39 is 12.1 Å². The summed E-state index contributed by atoms with van der Waals surface area (Å²) in [5.74, 6) is -0.556. The van der Waals surface area contributed by atoms with Crippen molar-refractivity contribution in [3.05, 3.63) is 58.3 Å². The van der Waals surface area contributed by atoms with Gasteiger partial charge in [-0.15, -0.1) is 0 Å². The van der Waals surface area contributed by atoms with Crippen molar-refractivity contribution in [3.8, 4) is 0 Å². The zero-order valence-electron chi connectivity index (χ0n) is 10.2. The van der Waals surface area contributed by atoms with Crippen LogP contribution in [0.4, 0.5) is 5.69 Å². The van der Waals surface area contributed by atoms with E-state index in [1.807, 2.05) is 18.2 Å². The third-order valence-corrected chi connectivity index (χ3v) is 3.38. The molecule has 0 bridgehead atoms. The van der Waals surface area contributed by atoms with Gasteiger partial charge in [0.05, 0.1) is 17.1 Å². The summed E-state index contributed by atoms with van der Waals surface area (Å²) in [6.45, 7) is 0. The Bertz CT molecular complexity index is 701. The number of benzodiazepines with no additional fused rings is 1. The first-order chi connectivity index (χ1) is 9.65. The summed E-state index contributed by atoms with van der Waals surface area (Å²) in [7, 11) is 0. The van der Waals surface area contributed by atoms with E-state index in [0.717, 1.165) is 4.47 Å². The Balaban J connectivity index is 2.23. The Hall–Kier alpha value is -2.05. The number of rotatable bonds is 1. The van der Waals surface area contributed by atoms with E-state index in [0.29, 0.717) is 22.7 Å². The second-order valence-electron chi connectivity index (χ2n) is 4.25. The highest BCUT2D eigenvalue weighted by atomic mass is 79.9. The van der Waals surface area contributed by atoms with E-state index in [-0.39, 0.29) is 0 Å². The molecular weight excluding hydrogens is 322 g/mol. The summed E-state index contributed by atoms with van der Waals surface area (Å²) in [6, 6.07) is 10.8. The van der Waals surface area contributed by atoms with Gasteiger partial charge in [0.15, 0.2) is 0 Å². The molecule has 5 nitrogen and oxygen atoms in total. The lowest BCUT2D eigenvalue weighted by Gasteiger charge is -2.09. The van der Waals surface area contributed by atoms with E-state index >= 15 is 0 Å². The average molecular weight is 332 g/mol. The van der Waals surface area contributed by atoms with Crippen LogP contribution in [0.2, 0.25) is 0 Å². The van der Waals surface area contributed by atoms with Crippen molar-refractivity contribution in [1.82, 2.24) is 4.98 Å². The maximum Gasteiger partial charge on any atom is 0.276 e. The molecule has 0 aliphatic carbocycles. The van der Waals surface area contributed by atoms with Gasteiger partial charge < -0.3 is 10.4 Å². The van der Waals surface area contributed by atoms with E-state index in [1.165, 1.54) is 0 Å². The molecule has 1 aliphatic rings. The van der Waals surface area contributed by atoms with Crippen molar-refractivity contribution in [3.63, 3.8) is 0 Å². The first-order valence-electron chi connectivity index (χ1n) is 5.93. The molecule has 0 saturated heterocycles. The molecule has 100 valence electrons. The number of hydrogen-bond acceptors (Lipinski definition) is 4. The maximum absolute atomic E-state index is 11.7. The van der Waals surface area contributed by atoms with Crippen molar-refractivity contribution < 1.29 is 9.90 Å². The van der Waals surface area contributed by atoms with Crippen LogP contribution in [-0.4, -0.2) is 27.9 Å². The average Bonchev–Trinajstić information content (AvgIpc) is 2.58. The fourth-order valence-corrected chi connectivity index (χ4v) is 2.34. The molecule has 0 saturated carbocycles. The quantitative estimate of drug-likeness (QED) is 0.838. The molecule has 0 spiro atoms. The number of hydrogen-bond donors (Lipinski definition) is 2. The van der Waals surface area contributed by atoms with Crippen molar-refractivity contribution in [2.45, 2.75) is 6.23 Å². The van der Waals surface area contributed by atoms with Crippen molar-refractivity contribution in [1.29, 1.82) is 0 Å². The summed E-state index contributed by atoms with van der Waals surface area (Å²) >= 11 is 3.40. The molecule has 1 atom stereocenters. The topological polar surface area (TPSA) is 74.6 Å². The van der Waals surface area contributed by atoms with E-state index in [1.54, 1.807) is 24.4 Å². The standard InChI is InChI=1S/C14H10BrN3O2/c15-8-4-5-10-9(7-8)12(11-3-1-2-6-16-11)18-14(20)13(19)17-10/h1-7,14,20H,(H,17,19)/t14-/m1/s1. The lowest BCUT2D eigenvalue weighted by molar-refractivity contribution is -0.123. The largest absolute Gasteiger partial charge is 0.364 e. The predicted molar refractivity (Wildman–Crippen MR) is 78.7 cm³/mol. The van der Waals surface area contributed by atoms with Gasteiger partial charge in [-0.3, -0.25) is 9.78 Å². The molecule has 2 heterocycles. The molecule has 3 rings (SSSR count). The highest BCUT2D eigenvalue weighted by Crippen LogP contribution is 2.26. The number of anilines is 1. The number of aliphatic imine (C=N–C) groups is 1. The number of halogens is 1. The van der Waals surface area contributed by atoms with Crippen molar-refractivity contribution in [2.75, 3.05) is 5.32 Å². The number of aliphatic hydroxyl groups excluding tert-OH is 1. The highest BCUT2D eigenvalue weighted by Gasteiger charge is 2.24. The third kappa shape index (κ3) is 2.35. The smallest absolute Gasteiger partial charge is 0.276 e. The zero-order valence-corrected chi connectivity index (χ0v) is 11.8. The van der Waals surface area contributed by atoms with Gasteiger partial charge in [-0.1, -0.05) is 22.0 Å². The molecule has 2 aromatic rings. The Labute approximate surface area is 123 Å². The molecule has 0 radical (unpaired) electrons. The number of nitrogens with one attached hydrogen (secondary N) is 1. The van der Waals surface area contributed by atoms with Gasteiger partial charge in [0.2, 0.25) is 6.23 Å². The molecular formula is C14H10BrN3O2. The fourth-order valence-electron chi connectivity index (χ4n) is 1.98. The van der Waals surface area contributed by atoms with Crippen LogP contribution in [0.3, 0.4) is 0 Å². The molecule has 0 unspecified atom stereocenters. The number of aliphatic hydroxyl groups is 1. The number of carbonyl (C=O) groups excluding carboxylic acids is 1. The number of aromatic nitrogens is 1. The number of fused-ring (bicyclic) bond motifs is 1. The summed E-state index contributed by atoms with van der Waals surface area (Å²) in [6.07, 6.45) is 0.195. The zero-order chi connectivity index (χ0) is 14.1. The highest BCUT2D eigenvalue weighted by molar-refractivity contribution is 9.10. The van der Waals surface area contributed by atoms with Crippen molar-refractivity contribution >= 4 is 33.2 Å². The molecule has 6 heteroatoms. The van der Waals surface area contributed by atoms with E-state index in [2.05, 4.69) is 31.2 Å². The van der Waals surface area contributed by atoms with Crippen molar-refractivity contribution in [2.24, 2.45) is 4.99 Å². The number of pyridine rings is 1. The van der Waals surface area contributed by atoms with Gasteiger partial charge in [-0.05, 0) is 30.3 Å². The van der Waals surface area contributed by atoms with Crippen LogP contribution in [-0.2, 0) is 4.79 Å². The Kier molecular flexibility index (Phi) is 3.33. The van der Waals surface area contributed by atoms with Crippen LogP contribution in [0.1, 0.15) is 11.3 Å². The molecule has 1 aliphatic heterocycles. The molecule has 1 amide bonds. The van der Waals surface area contributed by atoms with Gasteiger partial charge in [0.25, 0.3) is 5.91 Å². The molecule has 20 heavy (non-hydrogen) atoms. The monoisotopic (exact) mass is 331 g/mol. The Morgan fingerprint density at radius 1 is 1.25 bits per heavy atom. The van der Waals surface area contributed by atoms with E-state index in [9.17, 15) is 9.90 Å². The first kappa shape index (κ1) is 13.0. The lowest BCUT2D eigenvalue weighted by atomic mass is 10.0. The van der Waals surface area contributed by atoms with Gasteiger partial charge >= 0.3 is 0 Å². The minimum absolute atomic E-state index is 0.479. The van der Waals surface area contributed by atoms with E-state index in [4.69, 9.17) is 0 Å². The van der Waals surface area contributed by atoms with Crippen LogP contribution in [0, 0.1) is 0 Å². The maximum atomic E-state index is 11.7. The number of nitrogens with zero attached hydrogens (tertiary/aromatic N) is 2. The SMILES string of the molecule is O=C1Nc2ccc(Br)cc2C(c2ccccn2)=N[C@@H]1O. The number of amides is 1.